The first-order valence-electron chi connectivity index (χ1n) is 4.82. The van der Waals surface area contributed by atoms with E-state index in [1.54, 1.807) is 0 Å². The molecular formula is C12H15ClO2. The standard InChI is InChI=1S/C12H15ClO2/c1-12(2,3)15-11(14)10(13)9-7-5-4-6-8-9/h4-8,10H,1-3H3. The molecule has 1 aromatic carbocycles. The van der Waals surface area contributed by atoms with E-state index in [4.69, 9.17) is 16.3 Å². The minimum Gasteiger partial charge on any atom is -0.459 e. The van der Waals surface area contributed by atoms with E-state index in [9.17, 15) is 4.79 Å². The van der Waals surface area contributed by atoms with Crippen molar-refractivity contribution in [1.82, 2.24) is 0 Å². The van der Waals surface area contributed by atoms with Crippen LogP contribution in [0.4, 0.5) is 0 Å². The molecule has 1 aromatic rings. The lowest BCUT2D eigenvalue weighted by Crippen LogP contribution is -2.26. The second-order valence-electron chi connectivity index (χ2n) is 4.31. The van der Waals surface area contributed by atoms with Crippen LogP contribution in [0.25, 0.3) is 0 Å². The van der Waals surface area contributed by atoms with Crippen molar-refractivity contribution in [3.8, 4) is 0 Å². The minimum absolute atomic E-state index is 0.407. The van der Waals surface area contributed by atoms with E-state index in [2.05, 4.69) is 0 Å². The molecule has 1 unspecified atom stereocenters. The largest absolute Gasteiger partial charge is 0.459 e. The molecule has 1 rings (SSSR count). The van der Waals surface area contributed by atoms with Gasteiger partial charge in [-0.3, -0.25) is 4.79 Å². The lowest BCUT2D eigenvalue weighted by Gasteiger charge is -2.21. The summed E-state index contributed by atoms with van der Waals surface area (Å²) in [6, 6.07) is 9.18. The zero-order valence-electron chi connectivity index (χ0n) is 9.16. The Kier molecular flexibility index (Phi) is 3.75. The van der Waals surface area contributed by atoms with E-state index < -0.39 is 16.9 Å². The van der Waals surface area contributed by atoms with Gasteiger partial charge in [0.15, 0.2) is 5.38 Å². The number of benzene rings is 1. The average molecular weight is 227 g/mol. The Balaban J connectivity index is 2.70. The van der Waals surface area contributed by atoms with Gasteiger partial charge in [0.05, 0.1) is 0 Å². The van der Waals surface area contributed by atoms with Gasteiger partial charge in [-0.25, -0.2) is 0 Å². The van der Waals surface area contributed by atoms with Crippen LogP contribution in [0, 0.1) is 0 Å². The zero-order chi connectivity index (χ0) is 11.5. The van der Waals surface area contributed by atoms with Crippen molar-refractivity contribution in [2.45, 2.75) is 31.7 Å². The first-order chi connectivity index (χ1) is 6.90. The Morgan fingerprint density at radius 2 is 1.80 bits per heavy atom. The fraction of sp³-hybridized carbons (Fsp3) is 0.417. The van der Waals surface area contributed by atoms with Crippen LogP contribution in [-0.2, 0) is 9.53 Å². The maximum atomic E-state index is 11.6. The second-order valence-corrected chi connectivity index (χ2v) is 4.74. The third-order valence-electron chi connectivity index (χ3n) is 1.71. The average Bonchev–Trinajstić information content (AvgIpc) is 2.15. The van der Waals surface area contributed by atoms with Gasteiger partial charge in [0.1, 0.15) is 5.60 Å². The number of ether oxygens (including phenoxy) is 1. The first-order valence-corrected chi connectivity index (χ1v) is 5.26. The topological polar surface area (TPSA) is 26.3 Å². The zero-order valence-corrected chi connectivity index (χ0v) is 9.91. The van der Waals surface area contributed by atoms with Gasteiger partial charge in [0.2, 0.25) is 0 Å². The Morgan fingerprint density at radius 1 is 1.27 bits per heavy atom. The molecule has 3 heteroatoms. The summed E-state index contributed by atoms with van der Waals surface area (Å²) in [7, 11) is 0. The quantitative estimate of drug-likeness (QED) is 0.571. The number of rotatable bonds is 2. The number of carbonyl (C=O) groups excluding carboxylic acids is 1. The van der Waals surface area contributed by atoms with Gasteiger partial charge in [-0.05, 0) is 26.3 Å². The molecule has 0 saturated heterocycles. The van der Waals surface area contributed by atoms with Gasteiger partial charge >= 0.3 is 5.97 Å². The van der Waals surface area contributed by atoms with Crippen LogP contribution in [-0.4, -0.2) is 11.6 Å². The fourth-order valence-electron chi connectivity index (χ4n) is 1.11. The Morgan fingerprint density at radius 3 is 2.27 bits per heavy atom. The Hall–Kier alpha value is -1.02. The molecule has 0 amide bonds. The molecule has 0 heterocycles. The Bertz CT molecular complexity index is 327. The number of alkyl halides is 1. The number of carbonyl (C=O) groups is 1. The highest BCUT2D eigenvalue weighted by atomic mass is 35.5. The normalized spacial score (nSPS) is 13.3. The summed E-state index contributed by atoms with van der Waals surface area (Å²) >= 11 is 5.99. The van der Waals surface area contributed by atoms with Crippen molar-refractivity contribution in [2.75, 3.05) is 0 Å². The maximum Gasteiger partial charge on any atom is 0.329 e. The van der Waals surface area contributed by atoms with Gasteiger partial charge in [-0.2, -0.15) is 0 Å². The van der Waals surface area contributed by atoms with Gasteiger partial charge in [0, 0.05) is 0 Å². The molecule has 0 N–H and O–H groups in total. The highest BCUT2D eigenvalue weighted by Gasteiger charge is 2.24. The number of hydrogen-bond donors (Lipinski definition) is 0. The van der Waals surface area contributed by atoms with E-state index in [-0.39, 0.29) is 0 Å². The molecule has 0 aromatic heterocycles. The van der Waals surface area contributed by atoms with Crippen LogP contribution in [0.5, 0.6) is 0 Å². The van der Waals surface area contributed by atoms with Crippen LogP contribution in [0.1, 0.15) is 31.7 Å². The van der Waals surface area contributed by atoms with Crippen molar-refractivity contribution in [1.29, 1.82) is 0 Å². The van der Waals surface area contributed by atoms with Crippen LogP contribution in [0.3, 0.4) is 0 Å². The van der Waals surface area contributed by atoms with Crippen LogP contribution < -0.4 is 0 Å². The molecule has 0 fully saturated rings. The van der Waals surface area contributed by atoms with E-state index in [0.717, 1.165) is 5.56 Å². The summed E-state index contributed by atoms with van der Waals surface area (Å²) in [5, 5.41) is -0.731. The monoisotopic (exact) mass is 226 g/mol. The molecule has 15 heavy (non-hydrogen) atoms. The highest BCUT2D eigenvalue weighted by Crippen LogP contribution is 2.23. The van der Waals surface area contributed by atoms with Crippen LogP contribution in [0.2, 0.25) is 0 Å². The first kappa shape index (κ1) is 12.1. The predicted octanol–water partition coefficient (Wildman–Crippen LogP) is 3.31. The predicted molar refractivity (Wildman–Crippen MR) is 60.9 cm³/mol. The molecule has 0 saturated carbocycles. The lowest BCUT2D eigenvalue weighted by molar-refractivity contribution is -0.154. The summed E-state index contributed by atoms with van der Waals surface area (Å²) < 4.78 is 5.18. The molecule has 0 spiro atoms. The maximum absolute atomic E-state index is 11.6. The van der Waals surface area contributed by atoms with Gasteiger partial charge in [-0.15, -0.1) is 11.6 Å². The number of hydrogen-bond acceptors (Lipinski definition) is 2. The van der Waals surface area contributed by atoms with E-state index >= 15 is 0 Å². The van der Waals surface area contributed by atoms with Crippen molar-refractivity contribution < 1.29 is 9.53 Å². The van der Waals surface area contributed by atoms with Crippen molar-refractivity contribution in [2.24, 2.45) is 0 Å². The number of halogens is 1. The summed E-state index contributed by atoms with van der Waals surface area (Å²) in [5.74, 6) is -0.407. The molecule has 0 aliphatic carbocycles. The molecular weight excluding hydrogens is 212 g/mol. The summed E-state index contributed by atoms with van der Waals surface area (Å²) in [6.45, 7) is 5.46. The van der Waals surface area contributed by atoms with E-state index in [1.807, 2.05) is 51.1 Å². The lowest BCUT2D eigenvalue weighted by atomic mass is 10.1. The Labute approximate surface area is 95.2 Å². The highest BCUT2D eigenvalue weighted by molar-refractivity contribution is 6.29. The summed E-state index contributed by atoms with van der Waals surface area (Å²) in [5.41, 5.74) is 0.257. The van der Waals surface area contributed by atoms with Gasteiger partial charge in [0.25, 0.3) is 0 Å². The van der Waals surface area contributed by atoms with Crippen LogP contribution >= 0.6 is 11.6 Å². The van der Waals surface area contributed by atoms with Crippen molar-refractivity contribution in [3.63, 3.8) is 0 Å². The van der Waals surface area contributed by atoms with Gasteiger partial charge in [-0.1, -0.05) is 30.3 Å². The smallest absolute Gasteiger partial charge is 0.329 e. The molecule has 1 atom stereocenters. The molecule has 82 valence electrons. The molecule has 0 aliphatic rings. The summed E-state index contributed by atoms with van der Waals surface area (Å²) in [6.07, 6.45) is 0. The SMILES string of the molecule is CC(C)(C)OC(=O)C(Cl)c1ccccc1. The van der Waals surface area contributed by atoms with E-state index in [0.29, 0.717) is 0 Å². The van der Waals surface area contributed by atoms with E-state index in [1.165, 1.54) is 0 Å². The number of esters is 1. The summed E-state index contributed by atoms with van der Waals surface area (Å²) in [4.78, 5) is 11.6. The molecule has 2 nitrogen and oxygen atoms in total. The molecule has 0 radical (unpaired) electrons. The van der Waals surface area contributed by atoms with Crippen LogP contribution in [0.15, 0.2) is 30.3 Å². The fourth-order valence-corrected chi connectivity index (χ4v) is 1.30. The second kappa shape index (κ2) is 4.67. The van der Waals surface area contributed by atoms with Gasteiger partial charge < -0.3 is 4.74 Å². The van der Waals surface area contributed by atoms with Crippen molar-refractivity contribution in [3.05, 3.63) is 35.9 Å². The third kappa shape index (κ3) is 3.92. The molecule has 0 bridgehead atoms. The molecule has 0 aliphatic heterocycles. The third-order valence-corrected chi connectivity index (χ3v) is 2.14. The minimum atomic E-state index is -0.731. The van der Waals surface area contributed by atoms with Crippen molar-refractivity contribution >= 4 is 17.6 Å².